The molecule has 2 saturated heterocycles. The molecule has 0 spiro atoms. The van der Waals surface area contributed by atoms with E-state index < -0.39 is 6.03 Å². The second kappa shape index (κ2) is 5.48. The summed E-state index contributed by atoms with van der Waals surface area (Å²) in [7, 11) is 0. The lowest BCUT2D eigenvalue weighted by Crippen LogP contribution is -2.42. The molecular weight excluding hydrogens is 284 g/mol. The molecule has 1 N–H and O–H groups in total. The maximum atomic E-state index is 12.5. The van der Waals surface area contributed by atoms with Crippen LogP contribution in [-0.4, -0.2) is 53.3 Å². The van der Waals surface area contributed by atoms with E-state index in [0.29, 0.717) is 30.6 Å². The van der Waals surface area contributed by atoms with E-state index in [2.05, 4.69) is 5.32 Å². The van der Waals surface area contributed by atoms with Crippen molar-refractivity contribution in [3.8, 4) is 6.07 Å². The number of imide groups is 1. The first-order valence-electron chi connectivity index (χ1n) is 6.99. The number of nitrogens with zero attached hydrogens (tertiary/aromatic N) is 3. The average Bonchev–Trinajstić information content (AvgIpc) is 3.13. The SMILES string of the molecule is N#Cc1cccc(C(=O)N2CCC(N3C(=O)CNC3=O)C2)c1. The van der Waals surface area contributed by atoms with E-state index in [4.69, 9.17) is 5.26 Å². The number of benzene rings is 1. The van der Waals surface area contributed by atoms with Gasteiger partial charge in [-0.05, 0) is 24.6 Å². The normalized spacial score (nSPS) is 21.0. The van der Waals surface area contributed by atoms with E-state index >= 15 is 0 Å². The standard InChI is InChI=1S/C15H14N4O3/c16-7-10-2-1-3-11(6-10)14(21)18-5-4-12(9-18)19-13(20)8-17-15(19)22/h1-3,6,12H,4-5,8-9H2,(H,17,22). The zero-order valence-corrected chi connectivity index (χ0v) is 11.8. The zero-order chi connectivity index (χ0) is 15.7. The molecule has 2 aliphatic rings. The summed E-state index contributed by atoms with van der Waals surface area (Å²) < 4.78 is 0. The summed E-state index contributed by atoms with van der Waals surface area (Å²) in [6.45, 7) is 0.833. The lowest BCUT2D eigenvalue weighted by molar-refractivity contribution is -0.126. The van der Waals surface area contributed by atoms with Crippen LogP contribution in [0.1, 0.15) is 22.3 Å². The number of nitriles is 1. The third-order valence-corrected chi connectivity index (χ3v) is 3.93. The summed E-state index contributed by atoms with van der Waals surface area (Å²) in [5, 5.41) is 11.4. The molecule has 2 fully saturated rings. The molecule has 7 nitrogen and oxygen atoms in total. The summed E-state index contributed by atoms with van der Waals surface area (Å²) >= 11 is 0. The number of amides is 4. The third-order valence-electron chi connectivity index (χ3n) is 3.93. The topological polar surface area (TPSA) is 93.5 Å². The van der Waals surface area contributed by atoms with Crippen molar-refractivity contribution in [2.24, 2.45) is 0 Å². The number of rotatable bonds is 2. The van der Waals surface area contributed by atoms with E-state index in [1.54, 1.807) is 29.2 Å². The van der Waals surface area contributed by atoms with Crippen molar-refractivity contribution in [2.45, 2.75) is 12.5 Å². The third kappa shape index (κ3) is 2.39. The molecular formula is C15H14N4O3. The minimum absolute atomic E-state index is 0.0213. The number of hydrogen-bond donors (Lipinski definition) is 1. The Balaban J connectivity index is 1.72. The van der Waals surface area contributed by atoms with Crippen LogP contribution >= 0.6 is 0 Å². The Morgan fingerprint density at radius 1 is 1.36 bits per heavy atom. The summed E-state index contributed by atoms with van der Waals surface area (Å²) in [5.74, 6) is -0.442. The first-order valence-corrected chi connectivity index (χ1v) is 6.99. The Bertz CT molecular complexity index is 678. The second-order valence-corrected chi connectivity index (χ2v) is 5.31. The van der Waals surface area contributed by atoms with Gasteiger partial charge in [0.15, 0.2) is 0 Å². The van der Waals surface area contributed by atoms with Crippen LogP contribution < -0.4 is 5.32 Å². The largest absolute Gasteiger partial charge is 0.336 e. The monoisotopic (exact) mass is 298 g/mol. The molecule has 112 valence electrons. The molecule has 22 heavy (non-hydrogen) atoms. The molecule has 0 aliphatic carbocycles. The van der Waals surface area contributed by atoms with Crippen LogP contribution in [0.15, 0.2) is 24.3 Å². The van der Waals surface area contributed by atoms with Gasteiger partial charge in [-0.2, -0.15) is 5.26 Å². The van der Waals surface area contributed by atoms with Gasteiger partial charge >= 0.3 is 6.03 Å². The fourth-order valence-electron chi connectivity index (χ4n) is 2.85. The van der Waals surface area contributed by atoms with Crippen LogP contribution in [0.5, 0.6) is 0 Å². The Morgan fingerprint density at radius 2 is 2.18 bits per heavy atom. The Labute approximate surface area is 127 Å². The Morgan fingerprint density at radius 3 is 2.86 bits per heavy atom. The van der Waals surface area contributed by atoms with Gasteiger partial charge in [-0.3, -0.25) is 14.5 Å². The van der Waals surface area contributed by atoms with Crippen molar-refractivity contribution in [3.05, 3.63) is 35.4 Å². The van der Waals surface area contributed by atoms with Crippen molar-refractivity contribution < 1.29 is 14.4 Å². The van der Waals surface area contributed by atoms with Crippen LogP contribution in [0.3, 0.4) is 0 Å². The molecule has 2 aliphatic heterocycles. The van der Waals surface area contributed by atoms with Gasteiger partial charge in [0.25, 0.3) is 5.91 Å². The molecule has 0 aromatic heterocycles. The number of carbonyl (C=O) groups excluding carboxylic acids is 3. The van der Waals surface area contributed by atoms with E-state index in [9.17, 15) is 14.4 Å². The van der Waals surface area contributed by atoms with Crippen molar-refractivity contribution in [1.29, 1.82) is 5.26 Å². The van der Waals surface area contributed by atoms with E-state index in [0.717, 1.165) is 0 Å². The van der Waals surface area contributed by atoms with Crippen LogP contribution in [-0.2, 0) is 4.79 Å². The van der Waals surface area contributed by atoms with Crippen LogP contribution in [0, 0.1) is 11.3 Å². The van der Waals surface area contributed by atoms with Crippen LogP contribution in [0.25, 0.3) is 0 Å². The number of carbonyl (C=O) groups is 3. The van der Waals surface area contributed by atoms with E-state index in [1.165, 1.54) is 4.90 Å². The van der Waals surface area contributed by atoms with Crippen LogP contribution in [0.4, 0.5) is 4.79 Å². The lowest BCUT2D eigenvalue weighted by atomic mass is 10.1. The number of urea groups is 1. The predicted octanol–water partition coefficient (Wildman–Crippen LogP) is 0.325. The number of hydrogen-bond acceptors (Lipinski definition) is 4. The van der Waals surface area contributed by atoms with Crippen LogP contribution in [0.2, 0.25) is 0 Å². The molecule has 0 bridgehead atoms. The minimum Gasteiger partial charge on any atom is -0.336 e. The summed E-state index contributed by atoms with van der Waals surface area (Å²) in [5.41, 5.74) is 0.868. The van der Waals surface area contributed by atoms with Crippen molar-refractivity contribution >= 4 is 17.8 Å². The first kappa shape index (κ1) is 14.1. The summed E-state index contributed by atoms with van der Waals surface area (Å²) in [6, 6.07) is 7.83. The zero-order valence-electron chi connectivity index (χ0n) is 11.8. The van der Waals surface area contributed by atoms with E-state index in [-0.39, 0.29) is 24.4 Å². The second-order valence-electron chi connectivity index (χ2n) is 5.31. The maximum Gasteiger partial charge on any atom is 0.324 e. The molecule has 0 radical (unpaired) electrons. The van der Waals surface area contributed by atoms with Gasteiger partial charge in [-0.25, -0.2) is 4.79 Å². The summed E-state index contributed by atoms with van der Waals surface area (Å²) in [6.07, 6.45) is 0.572. The Hall–Kier alpha value is -2.88. The van der Waals surface area contributed by atoms with Gasteiger partial charge < -0.3 is 10.2 Å². The van der Waals surface area contributed by atoms with Gasteiger partial charge in [0.2, 0.25) is 5.91 Å². The molecule has 2 heterocycles. The number of nitrogens with one attached hydrogen (secondary N) is 1. The molecule has 1 aromatic carbocycles. The highest BCUT2D eigenvalue weighted by molar-refractivity contribution is 6.02. The average molecular weight is 298 g/mol. The fourth-order valence-corrected chi connectivity index (χ4v) is 2.85. The van der Waals surface area contributed by atoms with Gasteiger partial charge in [0.05, 0.1) is 24.2 Å². The molecule has 3 rings (SSSR count). The molecule has 1 aromatic rings. The summed E-state index contributed by atoms with van der Waals surface area (Å²) in [4.78, 5) is 38.6. The number of likely N-dealkylation sites (tertiary alicyclic amines) is 1. The highest BCUT2D eigenvalue weighted by Gasteiger charge is 2.39. The molecule has 0 saturated carbocycles. The van der Waals surface area contributed by atoms with Crippen molar-refractivity contribution in [1.82, 2.24) is 15.1 Å². The highest BCUT2D eigenvalue weighted by Crippen LogP contribution is 2.20. The van der Waals surface area contributed by atoms with Gasteiger partial charge in [0.1, 0.15) is 0 Å². The molecule has 1 atom stereocenters. The van der Waals surface area contributed by atoms with Gasteiger partial charge in [-0.1, -0.05) is 6.07 Å². The molecule has 4 amide bonds. The highest BCUT2D eigenvalue weighted by atomic mass is 16.2. The lowest BCUT2D eigenvalue weighted by Gasteiger charge is -2.21. The van der Waals surface area contributed by atoms with E-state index in [1.807, 2.05) is 6.07 Å². The molecule has 1 unspecified atom stereocenters. The van der Waals surface area contributed by atoms with Crippen molar-refractivity contribution in [2.75, 3.05) is 19.6 Å². The molecule has 7 heteroatoms. The predicted molar refractivity (Wildman–Crippen MR) is 75.7 cm³/mol. The first-order chi connectivity index (χ1) is 10.6. The van der Waals surface area contributed by atoms with Gasteiger partial charge in [-0.15, -0.1) is 0 Å². The smallest absolute Gasteiger partial charge is 0.324 e. The minimum atomic E-state index is -0.393. The Kier molecular flexibility index (Phi) is 3.51. The fraction of sp³-hybridized carbons (Fsp3) is 0.333. The maximum absolute atomic E-state index is 12.5. The van der Waals surface area contributed by atoms with Crippen molar-refractivity contribution in [3.63, 3.8) is 0 Å². The quantitative estimate of drug-likeness (QED) is 0.796. The van der Waals surface area contributed by atoms with Gasteiger partial charge in [0, 0.05) is 18.7 Å².